The molecule has 2 aliphatic rings. The first-order chi connectivity index (χ1) is 17.7. The van der Waals surface area contributed by atoms with E-state index in [4.69, 9.17) is 0 Å². The highest BCUT2D eigenvalue weighted by molar-refractivity contribution is 7.17. The minimum Gasteiger partial charge on any atom is -0.351 e. The highest BCUT2D eigenvalue weighted by Crippen LogP contribution is 2.41. The minimum atomic E-state index is -1.15. The summed E-state index contributed by atoms with van der Waals surface area (Å²) in [6.07, 6.45) is 6.69. The van der Waals surface area contributed by atoms with Crippen LogP contribution in [-0.4, -0.2) is 27.3 Å². The zero-order chi connectivity index (χ0) is 24.5. The molecular formula is C30H31N3O2S. The van der Waals surface area contributed by atoms with Crippen molar-refractivity contribution in [3.8, 4) is 0 Å². The van der Waals surface area contributed by atoms with E-state index in [1.807, 2.05) is 71.6 Å². The van der Waals surface area contributed by atoms with Crippen molar-refractivity contribution in [1.29, 1.82) is 0 Å². The van der Waals surface area contributed by atoms with E-state index < -0.39 is 5.54 Å². The average molecular weight is 498 g/mol. The predicted octanol–water partition coefficient (Wildman–Crippen LogP) is 6.09. The molecule has 1 saturated carbocycles. The number of rotatable bonds is 5. The zero-order valence-electron chi connectivity index (χ0n) is 20.4. The number of nitrogens with zero attached hydrogens (tertiary/aromatic N) is 2. The average Bonchev–Trinajstić information content (AvgIpc) is 3.41. The third-order valence-corrected chi connectivity index (χ3v) is 8.69. The Balaban J connectivity index is 1.51. The van der Waals surface area contributed by atoms with Crippen LogP contribution in [0.25, 0.3) is 10.2 Å². The maximum atomic E-state index is 14.5. The molecule has 2 amide bonds. The van der Waals surface area contributed by atoms with Crippen LogP contribution in [0.4, 0.5) is 0 Å². The topological polar surface area (TPSA) is 54.3 Å². The molecule has 3 heterocycles. The molecule has 0 spiro atoms. The molecule has 1 aliphatic carbocycles. The Hall–Kier alpha value is -3.38. The second-order valence-electron chi connectivity index (χ2n) is 10.1. The summed E-state index contributed by atoms with van der Waals surface area (Å²) in [7, 11) is 0. The number of amides is 2. The number of carbonyl (C=O) groups is 2. The van der Waals surface area contributed by atoms with Crippen LogP contribution in [0.5, 0.6) is 0 Å². The van der Waals surface area contributed by atoms with Crippen molar-refractivity contribution in [2.75, 3.05) is 0 Å². The second kappa shape index (κ2) is 9.58. The Morgan fingerprint density at radius 2 is 1.64 bits per heavy atom. The van der Waals surface area contributed by atoms with Crippen molar-refractivity contribution >= 4 is 33.4 Å². The lowest BCUT2D eigenvalue weighted by molar-refractivity contribution is -0.136. The molecule has 0 radical (unpaired) electrons. The molecule has 36 heavy (non-hydrogen) atoms. The predicted molar refractivity (Wildman–Crippen MR) is 144 cm³/mol. The maximum Gasteiger partial charge on any atom is 0.272 e. The van der Waals surface area contributed by atoms with Crippen LogP contribution >= 0.6 is 11.3 Å². The summed E-state index contributed by atoms with van der Waals surface area (Å²) in [5.41, 5.74) is 2.38. The molecule has 6 rings (SSSR count). The number of hydrogen-bond acceptors (Lipinski definition) is 3. The van der Waals surface area contributed by atoms with Crippen molar-refractivity contribution < 1.29 is 9.59 Å². The van der Waals surface area contributed by atoms with Crippen LogP contribution in [0.1, 0.15) is 60.1 Å². The Bertz CT molecular complexity index is 1370. The summed E-state index contributed by atoms with van der Waals surface area (Å²) >= 11 is 1.63. The van der Waals surface area contributed by atoms with Crippen LogP contribution in [0, 0.1) is 0 Å². The molecule has 2 aromatic heterocycles. The van der Waals surface area contributed by atoms with Crippen LogP contribution in [0.15, 0.2) is 78.2 Å². The smallest absolute Gasteiger partial charge is 0.272 e. The summed E-state index contributed by atoms with van der Waals surface area (Å²) in [6.45, 7) is 0.759. The van der Waals surface area contributed by atoms with E-state index in [-0.39, 0.29) is 17.9 Å². The first-order valence-electron chi connectivity index (χ1n) is 13.0. The van der Waals surface area contributed by atoms with Gasteiger partial charge >= 0.3 is 0 Å². The van der Waals surface area contributed by atoms with Gasteiger partial charge in [-0.1, -0.05) is 86.3 Å². The van der Waals surface area contributed by atoms with E-state index >= 15 is 0 Å². The fourth-order valence-corrected chi connectivity index (χ4v) is 6.76. The molecule has 1 fully saturated rings. The number of benzene rings is 2. The van der Waals surface area contributed by atoms with Gasteiger partial charge < -0.3 is 14.8 Å². The highest BCUT2D eigenvalue weighted by Gasteiger charge is 2.52. The Kier molecular flexibility index (Phi) is 6.13. The molecule has 1 atom stereocenters. The van der Waals surface area contributed by atoms with Gasteiger partial charge in [0.25, 0.3) is 11.8 Å². The summed E-state index contributed by atoms with van der Waals surface area (Å²) in [6, 6.07) is 24.1. The summed E-state index contributed by atoms with van der Waals surface area (Å²) < 4.78 is 3.14. The monoisotopic (exact) mass is 497 g/mol. The number of aromatic nitrogens is 1. The van der Waals surface area contributed by atoms with Gasteiger partial charge in [-0.3, -0.25) is 9.59 Å². The van der Waals surface area contributed by atoms with Crippen LogP contribution in [0.2, 0.25) is 0 Å². The van der Waals surface area contributed by atoms with Gasteiger partial charge in [-0.15, -0.1) is 11.3 Å². The number of thiophene rings is 1. The van der Waals surface area contributed by atoms with Gasteiger partial charge in [0.15, 0.2) is 5.54 Å². The minimum absolute atomic E-state index is 0.0763. The molecule has 6 heteroatoms. The lowest BCUT2D eigenvalue weighted by atomic mass is 9.83. The van der Waals surface area contributed by atoms with Gasteiger partial charge in [-0.25, -0.2) is 0 Å². The van der Waals surface area contributed by atoms with E-state index in [1.54, 1.807) is 11.3 Å². The first kappa shape index (κ1) is 23.0. The van der Waals surface area contributed by atoms with E-state index in [1.165, 1.54) is 12.8 Å². The van der Waals surface area contributed by atoms with Gasteiger partial charge in [-0.2, -0.15) is 0 Å². The van der Waals surface area contributed by atoms with E-state index in [2.05, 4.69) is 21.3 Å². The summed E-state index contributed by atoms with van der Waals surface area (Å²) in [4.78, 5) is 30.6. The van der Waals surface area contributed by atoms with Crippen LogP contribution in [-0.2, 0) is 23.4 Å². The molecule has 184 valence electrons. The van der Waals surface area contributed by atoms with Crippen LogP contribution < -0.4 is 5.32 Å². The summed E-state index contributed by atoms with van der Waals surface area (Å²) in [5.74, 6) is -0.180. The third kappa shape index (κ3) is 3.94. The van der Waals surface area contributed by atoms with E-state index in [0.29, 0.717) is 18.8 Å². The highest BCUT2D eigenvalue weighted by atomic mass is 32.1. The van der Waals surface area contributed by atoms with Crippen molar-refractivity contribution in [3.05, 3.63) is 95.0 Å². The van der Waals surface area contributed by atoms with Crippen molar-refractivity contribution in [2.45, 2.75) is 63.2 Å². The third-order valence-electron chi connectivity index (χ3n) is 7.84. The molecule has 4 aromatic rings. The summed E-state index contributed by atoms with van der Waals surface area (Å²) in [5, 5.41) is 5.48. The van der Waals surface area contributed by atoms with Gasteiger partial charge in [-0.05, 0) is 41.5 Å². The van der Waals surface area contributed by atoms with Gasteiger partial charge in [0.2, 0.25) is 0 Å². The van der Waals surface area contributed by atoms with Crippen molar-refractivity contribution in [3.63, 3.8) is 0 Å². The first-order valence-corrected chi connectivity index (χ1v) is 13.8. The Morgan fingerprint density at radius 3 is 2.36 bits per heavy atom. The lowest BCUT2D eigenvalue weighted by Gasteiger charge is -2.47. The second-order valence-corrected chi connectivity index (χ2v) is 11.0. The lowest BCUT2D eigenvalue weighted by Crippen LogP contribution is -2.63. The van der Waals surface area contributed by atoms with Gasteiger partial charge in [0.05, 0.1) is 16.8 Å². The van der Waals surface area contributed by atoms with Crippen LogP contribution in [0.3, 0.4) is 0 Å². The number of hydrogen-bond donors (Lipinski definition) is 1. The molecule has 1 unspecified atom stereocenters. The fourth-order valence-electron chi connectivity index (χ4n) is 5.94. The Morgan fingerprint density at radius 1 is 0.944 bits per heavy atom. The molecule has 2 aromatic carbocycles. The molecule has 5 nitrogen and oxygen atoms in total. The Labute approximate surface area is 215 Å². The maximum absolute atomic E-state index is 14.5. The molecule has 1 N–H and O–H groups in total. The van der Waals surface area contributed by atoms with E-state index in [9.17, 15) is 9.59 Å². The standard InChI is InChI=1S/C30H31N3O2S/c34-28-26-19-27-25(17-18-36-27)32(26)21-30(23-13-7-4-8-14-23,33(28)20-22-11-5-3-6-12-22)29(35)31-24-15-9-1-2-10-16-24/h3-8,11-14,17-19,24H,1-2,9-10,15-16,20-21H2,(H,31,35). The molecule has 0 bridgehead atoms. The fraction of sp³-hybridized carbons (Fsp3) is 0.333. The molecule has 1 aliphatic heterocycles. The number of carbonyl (C=O) groups excluding carboxylic acids is 2. The SMILES string of the molecule is O=C1c2cc3sccc3n2CC(C(=O)NC2CCCCCC2)(c2ccccc2)N1Cc1ccccc1. The van der Waals surface area contributed by atoms with E-state index in [0.717, 1.165) is 47.0 Å². The molecular weight excluding hydrogens is 466 g/mol. The largest absolute Gasteiger partial charge is 0.351 e. The van der Waals surface area contributed by atoms with Gasteiger partial charge in [0.1, 0.15) is 5.69 Å². The number of nitrogens with one attached hydrogen (secondary N) is 1. The zero-order valence-corrected chi connectivity index (χ0v) is 21.2. The van der Waals surface area contributed by atoms with Crippen molar-refractivity contribution in [1.82, 2.24) is 14.8 Å². The van der Waals surface area contributed by atoms with Gasteiger partial charge in [0, 0.05) is 12.6 Å². The van der Waals surface area contributed by atoms with Crippen molar-refractivity contribution in [2.24, 2.45) is 0 Å². The molecule has 0 saturated heterocycles. The number of fused-ring (bicyclic) bond motifs is 3. The quantitative estimate of drug-likeness (QED) is 0.339. The normalized spacial score (nSPS) is 20.8.